The molecule has 138 valence electrons. The summed E-state index contributed by atoms with van der Waals surface area (Å²) in [6.07, 6.45) is 0. The molecule has 0 saturated heterocycles. The number of hydrogen-bond acceptors (Lipinski definition) is 6. The van der Waals surface area contributed by atoms with E-state index >= 15 is 0 Å². The summed E-state index contributed by atoms with van der Waals surface area (Å²) in [6, 6.07) is 15.0. The summed E-state index contributed by atoms with van der Waals surface area (Å²) in [5.41, 5.74) is 14.6. The number of anilines is 2. The number of nitrogens with two attached hydrogens (primary N) is 2. The molecule has 6 N–H and O–H groups in total. The number of nitrogens with zero attached hydrogens (tertiary/aromatic N) is 4. The Morgan fingerprint density at radius 2 is 1.04 bits per heavy atom. The quantitative estimate of drug-likeness (QED) is 0.258. The lowest BCUT2D eigenvalue weighted by Gasteiger charge is -2.25. The predicted octanol–water partition coefficient (Wildman–Crippen LogP) is 1.45. The molecule has 2 rings (SSSR count). The maximum atomic E-state index is 8.70. The van der Waals surface area contributed by atoms with Gasteiger partial charge in [-0.3, -0.25) is 0 Å². The van der Waals surface area contributed by atoms with Crippen LogP contribution in [-0.4, -0.2) is 49.3 Å². The van der Waals surface area contributed by atoms with Gasteiger partial charge < -0.3 is 31.7 Å². The molecule has 0 fully saturated rings. The molecular formula is C18H24N6O2. The molecule has 0 unspecified atom stereocenters. The van der Waals surface area contributed by atoms with E-state index in [0.29, 0.717) is 11.1 Å². The van der Waals surface area contributed by atoms with E-state index < -0.39 is 0 Å². The van der Waals surface area contributed by atoms with Gasteiger partial charge in [0.25, 0.3) is 0 Å². The van der Waals surface area contributed by atoms with Crippen LogP contribution in [0.4, 0.5) is 11.4 Å². The maximum absolute atomic E-state index is 8.70. The van der Waals surface area contributed by atoms with Crippen molar-refractivity contribution < 1.29 is 10.4 Å². The average Bonchev–Trinajstić information content (AvgIpc) is 2.70. The second-order valence-electron chi connectivity index (χ2n) is 5.91. The normalized spacial score (nSPS) is 12.1. The van der Waals surface area contributed by atoms with Crippen molar-refractivity contribution in [2.75, 3.05) is 37.0 Å². The molecule has 0 aliphatic carbocycles. The highest BCUT2D eigenvalue weighted by molar-refractivity contribution is 5.97. The minimum absolute atomic E-state index is 0.0919. The average molecular weight is 356 g/mol. The van der Waals surface area contributed by atoms with Crippen molar-refractivity contribution in [3.05, 3.63) is 59.7 Å². The Hall–Kier alpha value is -3.42. The maximum Gasteiger partial charge on any atom is 0.170 e. The molecule has 8 heteroatoms. The van der Waals surface area contributed by atoms with E-state index in [1.807, 2.05) is 62.6 Å². The predicted molar refractivity (Wildman–Crippen MR) is 104 cm³/mol. The number of benzene rings is 2. The van der Waals surface area contributed by atoms with Crippen LogP contribution in [0.2, 0.25) is 0 Å². The molecular weight excluding hydrogens is 332 g/mol. The van der Waals surface area contributed by atoms with E-state index in [2.05, 4.69) is 20.1 Å². The summed E-state index contributed by atoms with van der Waals surface area (Å²) >= 11 is 0. The Kier molecular flexibility index (Phi) is 6.26. The summed E-state index contributed by atoms with van der Waals surface area (Å²) in [7, 11) is 4.02. The lowest BCUT2D eigenvalue weighted by atomic mass is 10.2. The zero-order chi connectivity index (χ0) is 19.1. The van der Waals surface area contributed by atoms with E-state index in [1.54, 1.807) is 0 Å². The van der Waals surface area contributed by atoms with Gasteiger partial charge in [-0.15, -0.1) is 0 Å². The summed E-state index contributed by atoms with van der Waals surface area (Å²) in [4.78, 5) is 4.24. The van der Waals surface area contributed by atoms with Gasteiger partial charge in [0.15, 0.2) is 11.7 Å². The van der Waals surface area contributed by atoms with Crippen LogP contribution in [0.5, 0.6) is 0 Å². The first-order chi connectivity index (χ1) is 12.5. The molecule has 0 spiro atoms. The molecule has 0 aromatic heterocycles. The lowest BCUT2D eigenvalue weighted by Crippen LogP contribution is -2.30. The zero-order valence-electron chi connectivity index (χ0n) is 14.9. The molecule has 0 radical (unpaired) electrons. The third kappa shape index (κ3) is 4.56. The zero-order valence-corrected chi connectivity index (χ0v) is 14.9. The molecule has 0 aliphatic heterocycles. The summed E-state index contributed by atoms with van der Waals surface area (Å²) < 4.78 is 0. The van der Waals surface area contributed by atoms with Crippen LogP contribution in [0.1, 0.15) is 11.1 Å². The van der Waals surface area contributed by atoms with E-state index in [0.717, 1.165) is 24.5 Å². The van der Waals surface area contributed by atoms with Crippen molar-refractivity contribution in [3.8, 4) is 0 Å². The topological polar surface area (TPSA) is 124 Å². The van der Waals surface area contributed by atoms with Gasteiger partial charge in [-0.2, -0.15) is 0 Å². The van der Waals surface area contributed by atoms with Crippen LogP contribution in [0, 0.1) is 0 Å². The molecule has 2 aromatic carbocycles. The minimum Gasteiger partial charge on any atom is -0.409 e. The lowest BCUT2D eigenvalue weighted by molar-refractivity contribution is 0.318. The highest BCUT2D eigenvalue weighted by Gasteiger charge is 2.07. The molecule has 8 nitrogen and oxygen atoms in total. The van der Waals surface area contributed by atoms with E-state index in [4.69, 9.17) is 21.9 Å². The third-order valence-corrected chi connectivity index (χ3v) is 4.19. The number of hydrogen-bond donors (Lipinski definition) is 4. The first kappa shape index (κ1) is 18.9. The van der Waals surface area contributed by atoms with Crippen molar-refractivity contribution in [1.29, 1.82) is 0 Å². The van der Waals surface area contributed by atoms with Crippen LogP contribution in [-0.2, 0) is 0 Å². The molecule has 0 amide bonds. The second kappa shape index (κ2) is 8.61. The SMILES string of the molecule is CN(CCN(C)c1ccc(/C(N)=N/O)cc1)c1ccc(/C(N)=N/O)cc1. The largest absolute Gasteiger partial charge is 0.409 e. The third-order valence-electron chi connectivity index (χ3n) is 4.19. The highest BCUT2D eigenvalue weighted by atomic mass is 16.4. The number of amidine groups is 2. The van der Waals surface area contributed by atoms with Crippen LogP contribution < -0.4 is 21.3 Å². The van der Waals surface area contributed by atoms with E-state index in [1.165, 1.54) is 0 Å². The van der Waals surface area contributed by atoms with Gasteiger partial charge in [0.05, 0.1) is 0 Å². The van der Waals surface area contributed by atoms with Crippen molar-refractivity contribution in [3.63, 3.8) is 0 Å². The number of oxime groups is 2. The van der Waals surface area contributed by atoms with Crippen molar-refractivity contribution in [2.24, 2.45) is 21.8 Å². The fraction of sp³-hybridized carbons (Fsp3) is 0.222. The van der Waals surface area contributed by atoms with Crippen molar-refractivity contribution in [1.82, 2.24) is 0 Å². The molecule has 0 saturated carbocycles. The molecule has 0 heterocycles. The fourth-order valence-electron chi connectivity index (χ4n) is 2.45. The highest BCUT2D eigenvalue weighted by Crippen LogP contribution is 2.16. The number of likely N-dealkylation sites (N-methyl/N-ethyl adjacent to an activating group) is 2. The molecule has 2 aromatic rings. The molecule has 0 bridgehead atoms. The molecule has 0 atom stereocenters. The Morgan fingerprint density at radius 1 is 0.731 bits per heavy atom. The van der Waals surface area contributed by atoms with Gasteiger partial charge in [0.2, 0.25) is 0 Å². The van der Waals surface area contributed by atoms with Crippen LogP contribution in [0.3, 0.4) is 0 Å². The Balaban J connectivity index is 1.95. The van der Waals surface area contributed by atoms with Gasteiger partial charge in [-0.25, -0.2) is 0 Å². The van der Waals surface area contributed by atoms with Crippen LogP contribution in [0.15, 0.2) is 58.8 Å². The van der Waals surface area contributed by atoms with E-state index in [-0.39, 0.29) is 11.7 Å². The first-order valence-electron chi connectivity index (χ1n) is 8.04. The van der Waals surface area contributed by atoms with E-state index in [9.17, 15) is 0 Å². The van der Waals surface area contributed by atoms with Gasteiger partial charge >= 0.3 is 0 Å². The molecule has 26 heavy (non-hydrogen) atoms. The smallest absolute Gasteiger partial charge is 0.170 e. The summed E-state index contributed by atoms with van der Waals surface area (Å²) in [6.45, 7) is 1.61. The monoisotopic (exact) mass is 356 g/mol. The summed E-state index contributed by atoms with van der Waals surface area (Å²) in [5, 5.41) is 23.4. The number of rotatable bonds is 7. The first-order valence-corrected chi connectivity index (χ1v) is 8.04. The molecule has 0 aliphatic rings. The Morgan fingerprint density at radius 3 is 1.31 bits per heavy atom. The van der Waals surface area contributed by atoms with Crippen LogP contribution in [0.25, 0.3) is 0 Å². The van der Waals surface area contributed by atoms with Crippen LogP contribution >= 0.6 is 0 Å². The van der Waals surface area contributed by atoms with Gasteiger partial charge in [-0.1, -0.05) is 10.3 Å². The van der Waals surface area contributed by atoms with Gasteiger partial charge in [0.1, 0.15) is 0 Å². The Labute approximate surface area is 152 Å². The van der Waals surface area contributed by atoms with Crippen molar-refractivity contribution >= 4 is 23.0 Å². The second-order valence-corrected chi connectivity index (χ2v) is 5.91. The fourth-order valence-corrected chi connectivity index (χ4v) is 2.45. The van der Waals surface area contributed by atoms with Gasteiger partial charge in [0, 0.05) is 49.7 Å². The minimum atomic E-state index is 0.0919. The Bertz CT molecular complexity index is 704. The standard InChI is InChI=1S/C18H24N6O2/c1-23(15-7-3-13(4-8-15)17(19)21-25)11-12-24(2)16-9-5-14(6-10-16)18(20)22-26/h3-10,25-26H,11-12H2,1-2H3,(H2,19,21)(H2,20,22). The van der Waals surface area contributed by atoms with Crippen molar-refractivity contribution in [2.45, 2.75) is 0 Å². The summed E-state index contributed by atoms with van der Waals surface area (Å²) in [5.74, 6) is 0.184. The van der Waals surface area contributed by atoms with Gasteiger partial charge in [-0.05, 0) is 48.5 Å².